The lowest BCUT2D eigenvalue weighted by molar-refractivity contribution is 0.0816. The van der Waals surface area contributed by atoms with E-state index in [1.165, 1.54) is 19.3 Å². The summed E-state index contributed by atoms with van der Waals surface area (Å²) in [4.78, 5) is 0. The lowest BCUT2D eigenvalue weighted by Gasteiger charge is -2.35. The largest absolute Gasteiger partial charge is 0.396 e. The van der Waals surface area contributed by atoms with Crippen molar-refractivity contribution < 1.29 is 5.11 Å². The van der Waals surface area contributed by atoms with Gasteiger partial charge in [0, 0.05) is 38.6 Å². The van der Waals surface area contributed by atoms with E-state index < -0.39 is 0 Å². The zero-order valence-corrected chi connectivity index (χ0v) is 11.2. The molecule has 0 radical (unpaired) electrons. The Morgan fingerprint density at radius 1 is 1.39 bits per heavy atom. The zero-order valence-electron chi connectivity index (χ0n) is 11.2. The van der Waals surface area contributed by atoms with E-state index in [1.54, 1.807) is 6.33 Å². The van der Waals surface area contributed by atoms with Crippen LogP contribution in [0.15, 0.2) is 6.33 Å². The minimum Gasteiger partial charge on any atom is -0.396 e. The van der Waals surface area contributed by atoms with Gasteiger partial charge in [-0.15, -0.1) is 10.2 Å². The number of hydrogen-bond donors (Lipinski definition) is 2. The van der Waals surface area contributed by atoms with Gasteiger partial charge in [0.1, 0.15) is 12.2 Å². The Balaban J connectivity index is 1.72. The van der Waals surface area contributed by atoms with Crippen molar-refractivity contribution in [3.63, 3.8) is 0 Å². The van der Waals surface area contributed by atoms with Crippen LogP contribution < -0.4 is 5.32 Å². The minimum atomic E-state index is 0.123. The third kappa shape index (κ3) is 3.29. The number of aromatic nitrogens is 3. The molecule has 1 aromatic heterocycles. The van der Waals surface area contributed by atoms with Crippen LogP contribution in [0.3, 0.4) is 0 Å². The highest BCUT2D eigenvalue weighted by atomic mass is 16.3. The van der Waals surface area contributed by atoms with Crippen LogP contribution in [0.1, 0.15) is 37.9 Å². The van der Waals surface area contributed by atoms with E-state index >= 15 is 0 Å². The molecule has 0 aromatic carbocycles. The lowest BCUT2D eigenvalue weighted by atomic mass is 9.74. The zero-order chi connectivity index (χ0) is 12.8. The van der Waals surface area contributed by atoms with Crippen LogP contribution in [0.2, 0.25) is 0 Å². The van der Waals surface area contributed by atoms with Crippen molar-refractivity contribution in [3.8, 4) is 0 Å². The third-order valence-corrected chi connectivity index (χ3v) is 4.08. The molecule has 2 N–H and O–H groups in total. The Bertz CT molecular complexity index is 358. The van der Waals surface area contributed by atoms with Gasteiger partial charge in [-0.3, -0.25) is 0 Å². The van der Waals surface area contributed by atoms with Gasteiger partial charge in [0.25, 0.3) is 0 Å². The maximum absolute atomic E-state index is 9.60. The molecule has 1 aromatic rings. The van der Waals surface area contributed by atoms with Crippen molar-refractivity contribution in [2.24, 2.45) is 12.5 Å². The fraction of sp³-hybridized carbons (Fsp3) is 0.846. The molecule has 1 heterocycles. The Kier molecular flexibility index (Phi) is 4.72. The van der Waals surface area contributed by atoms with Gasteiger partial charge in [0.05, 0.1) is 0 Å². The Morgan fingerprint density at radius 2 is 2.17 bits per heavy atom. The minimum absolute atomic E-state index is 0.123. The number of rotatable bonds is 6. The number of aliphatic hydroxyl groups excluding tert-OH is 1. The van der Waals surface area contributed by atoms with E-state index in [0.29, 0.717) is 6.61 Å². The number of nitrogens with one attached hydrogen (secondary N) is 1. The van der Waals surface area contributed by atoms with Gasteiger partial charge >= 0.3 is 0 Å². The Labute approximate surface area is 109 Å². The first-order valence-corrected chi connectivity index (χ1v) is 6.90. The highest BCUT2D eigenvalue weighted by molar-refractivity contribution is 4.87. The monoisotopic (exact) mass is 252 g/mol. The molecule has 18 heavy (non-hydrogen) atoms. The molecule has 2 rings (SSSR count). The van der Waals surface area contributed by atoms with Gasteiger partial charge in [-0.05, 0) is 12.8 Å². The van der Waals surface area contributed by atoms with Crippen molar-refractivity contribution in [2.45, 2.75) is 38.5 Å². The lowest BCUT2D eigenvalue weighted by Crippen LogP contribution is -2.39. The molecule has 0 bridgehead atoms. The van der Waals surface area contributed by atoms with Crippen LogP contribution in [-0.4, -0.2) is 39.6 Å². The summed E-state index contributed by atoms with van der Waals surface area (Å²) in [6, 6.07) is 0. The van der Waals surface area contributed by atoms with Crippen LogP contribution >= 0.6 is 0 Å². The summed E-state index contributed by atoms with van der Waals surface area (Å²) in [6.45, 7) is 2.12. The smallest absolute Gasteiger partial charge is 0.133 e. The SMILES string of the molecule is Cn1cnnc1CCNCC1(CO)CCCCC1. The van der Waals surface area contributed by atoms with E-state index in [1.807, 2.05) is 11.6 Å². The summed E-state index contributed by atoms with van der Waals surface area (Å²) in [7, 11) is 1.96. The van der Waals surface area contributed by atoms with Gasteiger partial charge in [-0.1, -0.05) is 19.3 Å². The molecule has 1 aliphatic rings. The molecule has 0 amide bonds. The summed E-state index contributed by atoms with van der Waals surface area (Å²) in [5.74, 6) is 1.00. The van der Waals surface area contributed by atoms with Gasteiger partial charge < -0.3 is 15.0 Å². The molecule has 5 nitrogen and oxygen atoms in total. The van der Waals surface area contributed by atoms with Crippen LogP contribution in [0.5, 0.6) is 0 Å². The molecule has 0 saturated heterocycles. The molecule has 0 unspecified atom stereocenters. The van der Waals surface area contributed by atoms with Crippen molar-refractivity contribution in [3.05, 3.63) is 12.2 Å². The highest BCUT2D eigenvalue weighted by Gasteiger charge is 2.30. The first-order valence-electron chi connectivity index (χ1n) is 6.90. The first-order chi connectivity index (χ1) is 8.76. The predicted molar refractivity (Wildman–Crippen MR) is 70.2 cm³/mol. The van der Waals surface area contributed by atoms with Crippen LogP contribution in [0.25, 0.3) is 0 Å². The second-order valence-corrected chi connectivity index (χ2v) is 5.50. The molecule has 0 atom stereocenters. The van der Waals surface area contributed by atoms with Crippen LogP contribution in [0.4, 0.5) is 0 Å². The molecule has 1 saturated carbocycles. The fourth-order valence-corrected chi connectivity index (χ4v) is 2.78. The summed E-state index contributed by atoms with van der Waals surface area (Å²) >= 11 is 0. The first kappa shape index (κ1) is 13.5. The van der Waals surface area contributed by atoms with Crippen molar-refractivity contribution in [2.75, 3.05) is 19.7 Å². The fourth-order valence-electron chi connectivity index (χ4n) is 2.78. The molecule has 0 aliphatic heterocycles. The normalized spacial score (nSPS) is 19.0. The quantitative estimate of drug-likeness (QED) is 0.738. The van der Waals surface area contributed by atoms with E-state index in [-0.39, 0.29) is 5.41 Å². The number of hydrogen-bond acceptors (Lipinski definition) is 4. The molecular formula is C13H24N4O. The van der Waals surface area contributed by atoms with E-state index in [2.05, 4.69) is 15.5 Å². The topological polar surface area (TPSA) is 63.0 Å². The van der Waals surface area contributed by atoms with Crippen molar-refractivity contribution in [1.29, 1.82) is 0 Å². The molecule has 5 heteroatoms. The number of nitrogens with zero attached hydrogens (tertiary/aromatic N) is 3. The van der Waals surface area contributed by atoms with Crippen molar-refractivity contribution >= 4 is 0 Å². The van der Waals surface area contributed by atoms with Gasteiger partial charge in [0.2, 0.25) is 0 Å². The maximum atomic E-state index is 9.60. The van der Waals surface area contributed by atoms with Crippen molar-refractivity contribution in [1.82, 2.24) is 20.1 Å². The standard InChI is InChI=1S/C13H24N4O/c1-17-11-15-16-12(17)5-8-14-9-13(10-18)6-3-2-4-7-13/h11,14,18H,2-10H2,1H3. The van der Waals surface area contributed by atoms with E-state index in [4.69, 9.17) is 0 Å². The van der Waals surface area contributed by atoms with Gasteiger partial charge in [0.15, 0.2) is 0 Å². The Morgan fingerprint density at radius 3 is 2.78 bits per heavy atom. The van der Waals surface area contributed by atoms with E-state index in [0.717, 1.165) is 38.2 Å². The number of aryl methyl sites for hydroxylation is 1. The average molecular weight is 252 g/mol. The second-order valence-electron chi connectivity index (χ2n) is 5.50. The molecule has 0 spiro atoms. The average Bonchev–Trinajstić information content (AvgIpc) is 2.82. The Hall–Kier alpha value is -0.940. The maximum Gasteiger partial charge on any atom is 0.133 e. The summed E-state index contributed by atoms with van der Waals surface area (Å²) < 4.78 is 1.95. The van der Waals surface area contributed by atoms with Gasteiger partial charge in [-0.2, -0.15) is 0 Å². The van der Waals surface area contributed by atoms with E-state index in [9.17, 15) is 5.11 Å². The van der Waals surface area contributed by atoms with Crippen LogP contribution in [0, 0.1) is 5.41 Å². The summed E-state index contributed by atoms with van der Waals surface area (Å²) in [6.07, 6.45) is 8.75. The number of aliphatic hydroxyl groups is 1. The molecular weight excluding hydrogens is 228 g/mol. The predicted octanol–water partition coefficient (Wildman–Crippen LogP) is 0.890. The van der Waals surface area contributed by atoms with Crippen LogP contribution in [-0.2, 0) is 13.5 Å². The highest BCUT2D eigenvalue weighted by Crippen LogP contribution is 2.35. The molecule has 1 fully saturated rings. The molecule has 1 aliphatic carbocycles. The summed E-state index contributed by atoms with van der Waals surface area (Å²) in [5, 5.41) is 21.0. The third-order valence-electron chi connectivity index (χ3n) is 4.08. The molecule has 102 valence electrons. The van der Waals surface area contributed by atoms with Gasteiger partial charge in [-0.25, -0.2) is 0 Å². The summed E-state index contributed by atoms with van der Waals surface area (Å²) in [5.41, 5.74) is 0.123. The second kappa shape index (κ2) is 6.29.